The molecule has 2 rings (SSSR count). The molecule has 2 amide bonds. The first-order chi connectivity index (χ1) is 8.70. The average Bonchev–Trinajstić information content (AvgIpc) is 2.39. The third kappa shape index (κ3) is 2.80. The molecule has 1 fully saturated rings. The highest BCUT2D eigenvalue weighted by Crippen LogP contribution is 2.24. The predicted octanol–water partition coefficient (Wildman–Crippen LogP) is 1.16. The van der Waals surface area contributed by atoms with Crippen molar-refractivity contribution in [1.29, 1.82) is 0 Å². The van der Waals surface area contributed by atoms with Crippen LogP contribution in [0.1, 0.15) is 12.8 Å². The number of anilines is 1. The van der Waals surface area contributed by atoms with Crippen molar-refractivity contribution in [1.82, 2.24) is 5.32 Å². The lowest BCUT2D eigenvalue weighted by Crippen LogP contribution is -2.38. The summed E-state index contributed by atoms with van der Waals surface area (Å²) < 4.78 is 5.16. The van der Waals surface area contributed by atoms with Crippen LogP contribution < -0.4 is 15.4 Å². The lowest BCUT2D eigenvalue weighted by atomic mass is 9.96. The van der Waals surface area contributed by atoms with Gasteiger partial charge in [-0.05, 0) is 18.6 Å². The van der Waals surface area contributed by atoms with Crippen LogP contribution in [0.15, 0.2) is 24.3 Å². The fourth-order valence-corrected chi connectivity index (χ4v) is 1.99. The van der Waals surface area contributed by atoms with Crippen molar-refractivity contribution in [2.24, 2.45) is 5.92 Å². The molecule has 96 valence electrons. The molecular weight excluding hydrogens is 232 g/mol. The van der Waals surface area contributed by atoms with Crippen LogP contribution in [0.3, 0.4) is 0 Å². The summed E-state index contributed by atoms with van der Waals surface area (Å²) >= 11 is 0. The lowest BCUT2D eigenvalue weighted by molar-refractivity contribution is -0.129. The van der Waals surface area contributed by atoms with E-state index < -0.39 is 0 Å². The average molecular weight is 248 g/mol. The zero-order valence-electron chi connectivity index (χ0n) is 10.2. The third-order valence-electron chi connectivity index (χ3n) is 2.98. The van der Waals surface area contributed by atoms with E-state index in [0.29, 0.717) is 24.4 Å². The molecule has 0 radical (unpaired) electrons. The lowest BCUT2D eigenvalue weighted by Gasteiger charge is -2.21. The van der Waals surface area contributed by atoms with Gasteiger partial charge in [-0.25, -0.2) is 0 Å². The summed E-state index contributed by atoms with van der Waals surface area (Å²) in [7, 11) is 1.55. The van der Waals surface area contributed by atoms with Crippen LogP contribution in [0, 0.1) is 5.92 Å². The molecule has 1 aromatic rings. The van der Waals surface area contributed by atoms with Crippen LogP contribution in [0.25, 0.3) is 0 Å². The molecule has 1 aromatic carbocycles. The molecule has 0 aliphatic carbocycles. The van der Waals surface area contributed by atoms with Gasteiger partial charge < -0.3 is 15.4 Å². The van der Waals surface area contributed by atoms with E-state index in [1.54, 1.807) is 19.2 Å². The highest BCUT2D eigenvalue weighted by Gasteiger charge is 2.25. The summed E-state index contributed by atoms with van der Waals surface area (Å²) in [6, 6.07) is 7.22. The van der Waals surface area contributed by atoms with Crippen LogP contribution in [0.5, 0.6) is 5.75 Å². The quantitative estimate of drug-likeness (QED) is 0.843. The number of amides is 2. The Hall–Kier alpha value is -2.04. The van der Waals surface area contributed by atoms with Gasteiger partial charge in [0, 0.05) is 18.9 Å². The normalized spacial score (nSPS) is 18.9. The van der Waals surface area contributed by atoms with E-state index in [4.69, 9.17) is 4.74 Å². The predicted molar refractivity (Wildman–Crippen MR) is 67.4 cm³/mol. The first-order valence-corrected chi connectivity index (χ1v) is 5.91. The number of para-hydroxylation sites is 2. The highest BCUT2D eigenvalue weighted by atomic mass is 16.5. The van der Waals surface area contributed by atoms with Crippen LogP contribution in [-0.4, -0.2) is 25.5 Å². The Morgan fingerprint density at radius 2 is 2.22 bits per heavy atom. The summed E-state index contributed by atoms with van der Waals surface area (Å²) in [4.78, 5) is 23.3. The number of hydrogen-bond acceptors (Lipinski definition) is 3. The molecule has 2 N–H and O–H groups in total. The maximum atomic E-state index is 12.0. The molecule has 18 heavy (non-hydrogen) atoms. The summed E-state index contributed by atoms with van der Waals surface area (Å²) in [5.41, 5.74) is 0.635. The Kier molecular flexibility index (Phi) is 3.82. The molecule has 0 saturated carbocycles. The second kappa shape index (κ2) is 5.53. The minimum absolute atomic E-state index is 0.0681. The van der Waals surface area contributed by atoms with Crippen molar-refractivity contribution in [2.45, 2.75) is 12.8 Å². The standard InChI is InChI=1S/C13H16N2O3/c1-18-11-5-3-2-4-10(11)15-13(17)9-6-7-14-12(16)8-9/h2-5,9H,6-8H2,1H3,(H,14,16)(H,15,17). The summed E-state index contributed by atoms with van der Waals surface area (Å²) in [6.07, 6.45) is 0.924. The SMILES string of the molecule is COc1ccccc1NC(=O)C1CCNC(=O)C1. The molecule has 0 spiro atoms. The third-order valence-corrected chi connectivity index (χ3v) is 2.98. The molecule has 5 heteroatoms. The van der Waals surface area contributed by atoms with Crippen molar-refractivity contribution in [3.05, 3.63) is 24.3 Å². The number of benzene rings is 1. The van der Waals surface area contributed by atoms with Gasteiger partial charge in [-0.15, -0.1) is 0 Å². The number of methoxy groups -OCH3 is 1. The molecule has 1 aliphatic heterocycles. The highest BCUT2D eigenvalue weighted by molar-refractivity contribution is 5.96. The Labute approximate surface area is 106 Å². The number of nitrogens with one attached hydrogen (secondary N) is 2. The summed E-state index contributed by atoms with van der Waals surface area (Å²) in [5.74, 6) is 0.158. The molecule has 1 heterocycles. The number of hydrogen-bond donors (Lipinski definition) is 2. The maximum absolute atomic E-state index is 12.0. The number of ether oxygens (including phenoxy) is 1. The van der Waals surface area contributed by atoms with E-state index in [1.165, 1.54) is 0 Å². The van der Waals surface area contributed by atoms with E-state index in [2.05, 4.69) is 10.6 Å². The monoisotopic (exact) mass is 248 g/mol. The van der Waals surface area contributed by atoms with Gasteiger partial charge in [0.1, 0.15) is 5.75 Å². The van der Waals surface area contributed by atoms with E-state index in [1.807, 2.05) is 12.1 Å². The van der Waals surface area contributed by atoms with Crippen LogP contribution >= 0.6 is 0 Å². The van der Waals surface area contributed by atoms with Crippen LogP contribution in [0.4, 0.5) is 5.69 Å². The van der Waals surface area contributed by atoms with Crippen molar-refractivity contribution in [3.8, 4) is 5.75 Å². The van der Waals surface area contributed by atoms with Gasteiger partial charge in [-0.2, -0.15) is 0 Å². The fourth-order valence-electron chi connectivity index (χ4n) is 1.99. The molecule has 1 unspecified atom stereocenters. The largest absolute Gasteiger partial charge is 0.495 e. The Balaban J connectivity index is 2.04. The second-order valence-corrected chi connectivity index (χ2v) is 4.23. The molecule has 1 aliphatic rings. The first-order valence-electron chi connectivity index (χ1n) is 5.91. The van der Waals surface area contributed by atoms with Gasteiger partial charge in [-0.3, -0.25) is 9.59 Å². The molecule has 0 bridgehead atoms. The fraction of sp³-hybridized carbons (Fsp3) is 0.385. The minimum Gasteiger partial charge on any atom is -0.495 e. The number of carbonyl (C=O) groups excluding carboxylic acids is 2. The Morgan fingerprint density at radius 1 is 1.44 bits per heavy atom. The number of carbonyl (C=O) groups is 2. The molecule has 1 saturated heterocycles. The summed E-state index contributed by atoms with van der Waals surface area (Å²) in [5, 5.41) is 5.52. The zero-order chi connectivity index (χ0) is 13.0. The van der Waals surface area contributed by atoms with E-state index in [9.17, 15) is 9.59 Å². The smallest absolute Gasteiger partial charge is 0.228 e. The van der Waals surface area contributed by atoms with E-state index in [0.717, 1.165) is 0 Å². The number of piperidine rings is 1. The maximum Gasteiger partial charge on any atom is 0.228 e. The molecule has 1 atom stereocenters. The van der Waals surface area contributed by atoms with Gasteiger partial charge in [0.05, 0.1) is 12.8 Å². The van der Waals surface area contributed by atoms with Gasteiger partial charge >= 0.3 is 0 Å². The Morgan fingerprint density at radius 3 is 2.94 bits per heavy atom. The second-order valence-electron chi connectivity index (χ2n) is 4.23. The van der Waals surface area contributed by atoms with Gasteiger partial charge in [0.2, 0.25) is 11.8 Å². The molecule has 0 aromatic heterocycles. The van der Waals surface area contributed by atoms with E-state index >= 15 is 0 Å². The first kappa shape index (κ1) is 12.4. The molecule has 5 nitrogen and oxygen atoms in total. The van der Waals surface area contributed by atoms with Gasteiger partial charge in [-0.1, -0.05) is 12.1 Å². The topological polar surface area (TPSA) is 67.4 Å². The van der Waals surface area contributed by atoms with Crippen LogP contribution in [-0.2, 0) is 9.59 Å². The zero-order valence-corrected chi connectivity index (χ0v) is 10.2. The van der Waals surface area contributed by atoms with Crippen LogP contribution in [0.2, 0.25) is 0 Å². The summed E-state index contributed by atoms with van der Waals surface area (Å²) in [6.45, 7) is 0.558. The Bertz CT molecular complexity index is 459. The number of rotatable bonds is 3. The van der Waals surface area contributed by atoms with Gasteiger partial charge in [0.15, 0.2) is 0 Å². The van der Waals surface area contributed by atoms with Crippen molar-refractivity contribution in [2.75, 3.05) is 19.0 Å². The van der Waals surface area contributed by atoms with Gasteiger partial charge in [0.25, 0.3) is 0 Å². The minimum atomic E-state index is -0.260. The van der Waals surface area contributed by atoms with Crippen molar-refractivity contribution < 1.29 is 14.3 Å². The van der Waals surface area contributed by atoms with E-state index in [-0.39, 0.29) is 24.2 Å². The van der Waals surface area contributed by atoms with Crippen molar-refractivity contribution >= 4 is 17.5 Å². The molecular formula is C13H16N2O3. The van der Waals surface area contributed by atoms with Crippen molar-refractivity contribution in [3.63, 3.8) is 0 Å².